The van der Waals surface area contributed by atoms with Crippen LogP contribution in [0.4, 0.5) is 8.78 Å². The van der Waals surface area contributed by atoms with E-state index in [9.17, 15) is 22.0 Å². The van der Waals surface area contributed by atoms with Gasteiger partial charge in [-0.05, 0) is 78.9 Å². The van der Waals surface area contributed by atoms with Gasteiger partial charge in [0.05, 0.1) is 10.6 Å². The largest absolute Gasteiger partial charge is 0.457 e. The molecule has 40 heavy (non-hydrogen) atoms. The van der Waals surface area contributed by atoms with Gasteiger partial charge in [0.25, 0.3) is 5.91 Å². The molecule has 0 aliphatic carbocycles. The van der Waals surface area contributed by atoms with Crippen molar-refractivity contribution in [3.63, 3.8) is 0 Å². The van der Waals surface area contributed by atoms with Crippen LogP contribution in [0.15, 0.2) is 89.8 Å². The molecule has 1 aliphatic rings. The smallest absolute Gasteiger partial charge is 0.272 e. The van der Waals surface area contributed by atoms with Crippen LogP contribution in [0.1, 0.15) is 16.1 Å². The third-order valence-corrected chi connectivity index (χ3v) is 8.35. The lowest BCUT2D eigenvalue weighted by Crippen LogP contribution is -2.50. The fraction of sp³-hybridized carbons (Fsp3) is 0.138. The quantitative estimate of drug-likeness (QED) is 0.321. The lowest BCUT2D eigenvalue weighted by molar-refractivity contribution is 0.0692. The maximum atomic E-state index is 13.7. The molecule has 1 fully saturated rings. The van der Waals surface area contributed by atoms with Gasteiger partial charge in [-0.25, -0.2) is 22.2 Å². The highest BCUT2D eigenvalue weighted by Crippen LogP contribution is 2.26. The maximum Gasteiger partial charge on any atom is 0.272 e. The molecule has 4 aromatic rings. The molecule has 0 radical (unpaired) electrons. The van der Waals surface area contributed by atoms with Crippen LogP contribution in [0.5, 0.6) is 11.5 Å². The number of benzene rings is 3. The number of nitrogens with zero attached hydrogens (tertiary/aromatic N) is 3. The zero-order valence-electron chi connectivity index (χ0n) is 21.1. The van der Waals surface area contributed by atoms with E-state index in [1.807, 2.05) is 0 Å². The zero-order valence-corrected chi connectivity index (χ0v) is 21.9. The molecule has 204 valence electrons. The second kappa shape index (κ2) is 11.3. The minimum atomic E-state index is -3.91. The highest BCUT2D eigenvalue weighted by Gasteiger charge is 2.31. The monoisotopic (exact) mass is 562 g/mol. The number of aromatic nitrogens is 1. The Morgan fingerprint density at radius 2 is 1.52 bits per heavy atom. The van der Waals surface area contributed by atoms with Crippen LogP contribution in [0.3, 0.4) is 0 Å². The number of halogens is 2. The number of hydrogen-bond acceptors (Lipinski definition) is 6. The first-order chi connectivity index (χ1) is 19.2. The van der Waals surface area contributed by atoms with E-state index in [4.69, 9.17) is 10.1 Å². The van der Waals surface area contributed by atoms with Gasteiger partial charge in [0.15, 0.2) is 0 Å². The molecular formula is C29H24F2N4O4S. The maximum absolute atomic E-state index is 13.7. The second-order valence-electron chi connectivity index (χ2n) is 9.01. The molecule has 8 nitrogen and oxygen atoms in total. The Balaban J connectivity index is 1.24. The number of carbonyl (C=O) groups excluding carboxylic acids is 1. The Morgan fingerprint density at radius 1 is 0.875 bits per heavy atom. The Kier molecular flexibility index (Phi) is 7.67. The zero-order chi connectivity index (χ0) is 28.3. The number of hydrogen-bond donors (Lipinski definition) is 1. The molecule has 5 rings (SSSR count). The average Bonchev–Trinajstić information content (AvgIpc) is 2.98. The first-order valence-electron chi connectivity index (χ1n) is 12.3. The first-order valence-corrected chi connectivity index (χ1v) is 13.8. The van der Waals surface area contributed by atoms with Gasteiger partial charge in [-0.1, -0.05) is 6.07 Å². The molecule has 11 heteroatoms. The summed E-state index contributed by atoms with van der Waals surface area (Å²) in [6, 6.07) is 21.3. The van der Waals surface area contributed by atoms with Crippen LogP contribution in [0.2, 0.25) is 0 Å². The lowest BCUT2D eigenvalue weighted by atomic mass is 10.1. The Morgan fingerprint density at radius 3 is 2.17 bits per heavy atom. The van der Waals surface area contributed by atoms with E-state index in [0.29, 0.717) is 17.2 Å². The van der Waals surface area contributed by atoms with Crippen molar-refractivity contribution >= 4 is 22.1 Å². The lowest BCUT2D eigenvalue weighted by Gasteiger charge is -2.34. The molecule has 0 saturated carbocycles. The van der Waals surface area contributed by atoms with Gasteiger partial charge in [0, 0.05) is 43.5 Å². The van der Waals surface area contributed by atoms with Gasteiger partial charge in [0.2, 0.25) is 10.0 Å². The Bertz CT molecular complexity index is 1650. The van der Waals surface area contributed by atoms with Crippen LogP contribution < -0.4 is 4.74 Å². The molecule has 1 aromatic heterocycles. The van der Waals surface area contributed by atoms with Crippen molar-refractivity contribution in [2.24, 2.45) is 0 Å². The van der Waals surface area contributed by atoms with E-state index >= 15 is 0 Å². The van der Waals surface area contributed by atoms with Crippen LogP contribution in [0, 0.1) is 17.0 Å². The van der Waals surface area contributed by atoms with Crippen LogP contribution in [-0.2, 0) is 10.0 Å². The minimum Gasteiger partial charge on any atom is -0.457 e. The Labute approximate surface area is 230 Å². The van der Waals surface area contributed by atoms with Crippen LogP contribution in [-0.4, -0.2) is 60.9 Å². The summed E-state index contributed by atoms with van der Waals surface area (Å²) in [5, 5.41) is 7.27. The predicted octanol–water partition coefficient (Wildman–Crippen LogP) is 4.96. The standard InChI is InChI=1S/C29H24F2N4O4S/c30-22-6-10-24(11-7-22)39-23-8-4-20(5-9-23)27-2-1-3-28(33-27)29(36)34-14-16-35(17-15-34)40(37,38)25-12-13-26(31)21(18-25)19-32/h1-13,18-19,32H,14-17H2. The number of sulfonamides is 1. The van der Waals surface area contributed by atoms with Crippen LogP contribution in [0.25, 0.3) is 11.3 Å². The number of piperazine rings is 1. The number of pyridine rings is 1. The third-order valence-electron chi connectivity index (χ3n) is 6.45. The summed E-state index contributed by atoms with van der Waals surface area (Å²) in [5.41, 5.74) is 1.46. The second-order valence-corrected chi connectivity index (χ2v) is 11.0. The molecule has 3 aromatic carbocycles. The van der Waals surface area contributed by atoms with Crippen molar-refractivity contribution in [1.82, 2.24) is 14.2 Å². The van der Waals surface area contributed by atoms with Gasteiger partial charge in [-0.2, -0.15) is 4.31 Å². The fourth-order valence-corrected chi connectivity index (χ4v) is 5.74. The van der Waals surface area contributed by atoms with E-state index in [0.717, 1.165) is 23.9 Å². The van der Waals surface area contributed by atoms with Crippen molar-refractivity contribution in [3.8, 4) is 22.8 Å². The highest BCUT2D eigenvalue weighted by atomic mass is 32.2. The first kappa shape index (κ1) is 27.1. The summed E-state index contributed by atoms with van der Waals surface area (Å²) in [5.74, 6) is -0.276. The molecule has 1 amide bonds. The average molecular weight is 563 g/mol. The van der Waals surface area contributed by atoms with E-state index in [1.165, 1.54) is 34.6 Å². The summed E-state index contributed by atoms with van der Waals surface area (Å²) in [6.45, 7) is 0.469. The summed E-state index contributed by atoms with van der Waals surface area (Å²) in [6.07, 6.45) is 0.766. The number of nitrogens with one attached hydrogen (secondary N) is 1. The van der Waals surface area contributed by atoms with Gasteiger partial charge in [-0.3, -0.25) is 4.79 Å². The van der Waals surface area contributed by atoms with Crippen molar-refractivity contribution in [1.29, 1.82) is 5.41 Å². The molecular weight excluding hydrogens is 538 g/mol. The molecule has 2 heterocycles. The van der Waals surface area contributed by atoms with E-state index < -0.39 is 15.8 Å². The summed E-state index contributed by atoms with van der Waals surface area (Å²) >= 11 is 0. The Hall–Kier alpha value is -4.48. The van der Waals surface area contributed by atoms with Crippen molar-refractivity contribution < 1.29 is 26.7 Å². The fourth-order valence-electron chi connectivity index (χ4n) is 4.28. The van der Waals surface area contributed by atoms with Gasteiger partial charge in [0.1, 0.15) is 28.8 Å². The van der Waals surface area contributed by atoms with Gasteiger partial charge < -0.3 is 15.0 Å². The predicted molar refractivity (Wildman–Crippen MR) is 145 cm³/mol. The minimum absolute atomic E-state index is 0.0700. The van der Waals surface area contributed by atoms with Gasteiger partial charge in [-0.15, -0.1) is 0 Å². The number of amides is 1. The summed E-state index contributed by atoms with van der Waals surface area (Å²) in [4.78, 5) is 19.2. The van der Waals surface area contributed by atoms with E-state index in [1.54, 1.807) is 47.4 Å². The number of carbonyl (C=O) groups is 1. The molecule has 0 spiro atoms. The normalized spacial score (nSPS) is 14.1. The summed E-state index contributed by atoms with van der Waals surface area (Å²) < 4.78 is 59.9. The molecule has 1 aliphatic heterocycles. The molecule has 0 atom stereocenters. The van der Waals surface area contributed by atoms with Crippen molar-refractivity contribution in [3.05, 3.63) is 108 Å². The highest BCUT2D eigenvalue weighted by molar-refractivity contribution is 7.89. The third kappa shape index (κ3) is 5.75. The topological polar surface area (TPSA) is 104 Å². The molecule has 1 N–H and O–H groups in total. The van der Waals surface area contributed by atoms with Crippen molar-refractivity contribution in [2.45, 2.75) is 4.90 Å². The number of ether oxygens (including phenoxy) is 1. The number of rotatable bonds is 7. The van der Waals surface area contributed by atoms with E-state index in [-0.39, 0.29) is 54.1 Å². The van der Waals surface area contributed by atoms with Gasteiger partial charge >= 0.3 is 0 Å². The van der Waals surface area contributed by atoms with Crippen LogP contribution >= 0.6 is 0 Å². The molecule has 0 unspecified atom stereocenters. The molecule has 0 bridgehead atoms. The summed E-state index contributed by atoms with van der Waals surface area (Å²) in [7, 11) is -3.91. The van der Waals surface area contributed by atoms with E-state index in [2.05, 4.69) is 4.98 Å². The van der Waals surface area contributed by atoms with Crippen molar-refractivity contribution in [2.75, 3.05) is 26.2 Å². The molecule has 1 saturated heterocycles. The SMILES string of the molecule is N=Cc1cc(S(=O)(=O)N2CCN(C(=O)c3cccc(-c4ccc(Oc5ccc(F)cc5)cc4)n3)CC2)ccc1F.